The highest BCUT2D eigenvalue weighted by atomic mass is 16.7. The van der Waals surface area contributed by atoms with E-state index in [0.29, 0.717) is 25.1 Å². The first-order valence-corrected chi connectivity index (χ1v) is 10.4. The molecule has 0 spiro atoms. The van der Waals surface area contributed by atoms with Crippen LogP contribution in [-0.2, 0) is 29.3 Å². The number of rotatable bonds is 9. The van der Waals surface area contributed by atoms with E-state index in [1.54, 1.807) is 31.3 Å². The van der Waals surface area contributed by atoms with Gasteiger partial charge in [0.05, 0.1) is 11.3 Å². The number of nitrogens with one attached hydrogen (secondary N) is 3. The van der Waals surface area contributed by atoms with Crippen LogP contribution in [0.3, 0.4) is 0 Å². The number of imide groups is 1. The fourth-order valence-electron chi connectivity index (χ4n) is 3.65. The van der Waals surface area contributed by atoms with Gasteiger partial charge in [-0.2, -0.15) is 0 Å². The summed E-state index contributed by atoms with van der Waals surface area (Å²) in [5.41, 5.74) is 0.479. The SMILES string of the molecule is CCC1(c2ccc(NC(=O)OCOC(=O)C(CNC)C(C)C)cc2)CCC(=O)NC1=O. The third-order valence-corrected chi connectivity index (χ3v) is 5.68. The first-order chi connectivity index (χ1) is 14.7. The Balaban J connectivity index is 1.90. The third-order valence-electron chi connectivity index (χ3n) is 5.68. The predicted octanol–water partition coefficient (Wildman–Crippen LogP) is 2.31. The molecule has 3 amide bonds. The normalized spacial score (nSPS) is 19.5. The fourth-order valence-corrected chi connectivity index (χ4v) is 3.65. The average Bonchev–Trinajstić information content (AvgIpc) is 2.73. The lowest BCUT2D eigenvalue weighted by Gasteiger charge is -2.35. The highest BCUT2D eigenvalue weighted by Gasteiger charge is 2.42. The Kier molecular flexibility index (Phi) is 8.56. The number of ether oxygens (including phenoxy) is 2. The van der Waals surface area contributed by atoms with Crippen molar-refractivity contribution in [1.29, 1.82) is 0 Å². The molecule has 1 saturated heterocycles. The largest absolute Gasteiger partial charge is 0.428 e. The van der Waals surface area contributed by atoms with E-state index in [0.717, 1.165) is 5.56 Å². The fraction of sp³-hybridized carbons (Fsp3) is 0.545. The van der Waals surface area contributed by atoms with Crippen LogP contribution in [0.4, 0.5) is 10.5 Å². The molecular weight excluding hydrogens is 402 g/mol. The van der Waals surface area contributed by atoms with Gasteiger partial charge in [-0.25, -0.2) is 4.79 Å². The van der Waals surface area contributed by atoms with Crippen molar-refractivity contribution in [2.24, 2.45) is 11.8 Å². The van der Waals surface area contributed by atoms with Crippen molar-refractivity contribution in [2.75, 3.05) is 25.7 Å². The van der Waals surface area contributed by atoms with E-state index < -0.39 is 24.3 Å². The molecule has 170 valence electrons. The number of anilines is 1. The first kappa shape index (κ1) is 24.3. The topological polar surface area (TPSA) is 123 Å². The molecule has 31 heavy (non-hydrogen) atoms. The van der Waals surface area contributed by atoms with Gasteiger partial charge in [0.15, 0.2) is 0 Å². The molecule has 1 aromatic carbocycles. The number of amides is 3. The lowest BCUT2D eigenvalue weighted by Crippen LogP contribution is -2.51. The second-order valence-electron chi connectivity index (χ2n) is 7.94. The van der Waals surface area contributed by atoms with Gasteiger partial charge in [0, 0.05) is 18.7 Å². The standard InChI is InChI=1S/C22H31N3O6/c1-5-22(11-10-18(26)25-20(22)28)15-6-8-16(9-7-15)24-21(29)31-13-30-19(27)17(12-23-4)14(2)3/h6-9,14,17,23H,5,10-13H2,1-4H3,(H,24,29)(H,25,26,28). The second-order valence-corrected chi connectivity index (χ2v) is 7.94. The first-order valence-electron chi connectivity index (χ1n) is 10.4. The summed E-state index contributed by atoms with van der Waals surface area (Å²) in [6, 6.07) is 6.82. The molecule has 1 fully saturated rings. The smallest absolute Gasteiger partial charge is 0.414 e. The molecule has 1 aromatic rings. The molecule has 9 heteroatoms. The van der Waals surface area contributed by atoms with Crippen LogP contribution in [0.2, 0.25) is 0 Å². The summed E-state index contributed by atoms with van der Waals surface area (Å²) in [6.07, 6.45) is 0.522. The monoisotopic (exact) mass is 433 g/mol. The molecule has 3 N–H and O–H groups in total. The van der Waals surface area contributed by atoms with Crippen molar-refractivity contribution < 1.29 is 28.7 Å². The van der Waals surface area contributed by atoms with E-state index in [1.165, 1.54) is 0 Å². The Bertz CT molecular complexity index is 808. The van der Waals surface area contributed by atoms with Gasteiger partial charge in [0.1, 0.15) is 0 Å². The molecule has 0 aliphatic carbocycles. The summed E-state index contributed by atoms with van der Waals surface area (Å²) in [5.74, 6) is -1.24. The molecule has 0 radical (unpaired) electrons. The summed E-state index contributed by atoms with van der Waals surface area (Å²) in [7, 11) is 1.75. The Labute approximate surface area is 182 Å². The van der Waals surface area contributed by atoms with Crippen molar-refractivity contribution in [3.05, 3.63) is 29.8 Å². The van der Waals surface area contributed by atoms with Crippen LogP contribution in [0.15, 0.2) is 24.3 Å². The number of esters is 1. The summed E-state index contributed by atoms with van der Waals surface area (Å²) in [6.45, 7) is 5.72. The van der Waals surface area contributed by atoms with Crippen molar-refractivity contribution in [3.63, 3.8) is 0 Å². The summed E-state index contributed by atoms with van der Waals surface area (Å²) >= 11 is 0. The summed E-state index contributed by atoms with van der Waals surface area (Å²) < 4.78 is 9.97. The van der Waals surface area contributed by atoms with Gasteiger partial charge in [0.2, 0.25) is 18.6 Å². The Hall–Kier alpha value is -2.94. The van der Waals surface area contributed by atoms with E-state index in [4.69, 9.17) is 9.47 Å². The Morgan fingerprint density at radius 1 is 1.16 bits per heavy atom. The third kappa shape index (κ3) is 6.04. The number of piperidine rings is 1. The molecule has 0 aromatic heterocycles. The maximum absolute atomic E-state index is 12.5. The molecule has 2 atom stereocenters. The van der Waals surface area contributed by atoms with Crippen LogP contribution >= 0.6 is 0 Å². The summed E-state index contributed by atoms with van der Waals surface area (Å²) in [5, 5.41) is 7.90. The molecule has 0 saturated carbocycles. The Morgan fingerprint density at radius 3 is 2.39 bits per heavy atom. The van der Waals surface area contributed by atoms with Gasteiger partial charge in [-0.15, -0.1) is 0 Å². The quantitative estimate of drug-likeness (QED) is 0.310. The van der Waals surface area contributed by atoms with Crippen molar-refractivity contribution >= 4 is 29.6 Å². The van der Waals surface area contributed by atoms with Gasteiger partial charge >= 0.3 is 12.1 Å². The predicted molar refractivity (Wildman–Crippen MR) is 114 cm³/mol. The lowest BCUT2D eigenvalue weighted by atomic mass is 9.72. The molecule has 1 heterocycles. The number of hydrogen-bond acceptors (Lipinski definition) is 7. The zero-order valence-electron chi connectivity index (χ0n) is 18.4. The molecule has 9 nitrogen and oxygen atoms in total. The van der Waals surface area contributed by atoms with Gasteiger partial charge in [-0.05, 0) is 43.5 Å². The van der Waals surface area contributed by atoms with Gasteiger partial charge in [-0.1, -0.05) is 32.9 Å². The molecule has 2 unspecified atom stereocenters. The minimum absolute atomic E-state index is 0.0862. The van der Waals surface area contributed by atoms with Crippen LogP contribution < -0.4 is 16.0 Å². The highest BCUT2D eigenvalue weighted by molar-refractivity contribution is 6.03. The summed E-state index contributed by atoms with van der Waals surface area (Å²) in [4.78, 5) is 48.0. The van der Waals surface area contributed by atoms with Crippen LogP contribution in [-0.4, -0.2) is 44.3 Å². The van der Waals surface area contributed by atoms with Crippen LogP contribution in [0, 0.1) is 11.8 Å². The maximum Gasteiger partial charge on any atom is 0.414 e. The lowest BCUT2D eigenvalue weighted by molar-refractivity contribution is -0.158. The minimum atomic E-state index is -0.763. The Morgan fingerprint density at radius 2 is 1.84 bits per heavy atom. The second kappa shape index (κ2) is 10.9. The van der Waals surface area contributed by atoms with E-state index in [2.05, 4.69) is 16.0 Å². The van der Waals surface area contributed by atoms with Crippen LogP contribution in [0.5, 0.6) is 0 Å². The maximum atomic E-state index is 12.5. The van der Waals surface area contributed by atoms with Crippen LogP contribution in [0.25, 0.3) is 0 Å². The molecule has 2 rings (SSSR count). The number of carbonyl (C=O) groups is 4. The number of carbonyl (C=O) groups excluding carboxylic acids is 4. The van der Waals surface area contributed by atoms with E-state index in [-0.39, 0.29) is 30.1 Å². The van der Waals surface area contributed by atoms with Gasteiger partial charge < -0.3 is 14.8 Å². The van der Waals surface area contributed by atoms with Crippen molar-refractivity contribution in [2.45, 2.75) is 45.4 Å². The zero-order valence-corrected chi connectivity index (χ0v) is 18.4. The van der Waals surface area contributed by atoms with Gasteiger partial charge in [0.25, 0.3) is 0 Å². The van der Waals surface area contributed by atoms with Crippen LogP contribution in [0.1, 0.15) is 45.6 Å². The number of hydrogen-bond donors (Lipinski definition) is 3. The van der Waals surface area contributed by atoms with E-state index in [1.807, 2.05) is 20.8 Å². The van der Waals surface area contributed by atoms with Crippen molar-refractivity contribution in [1.82, 2.24) is 10.6 Å². The molecule has 0 bridgehead atoms. The average molecular weight is 434 g/mol. The zero-order chi connectivity index (χ0) is 23.0. The minimum Gasteiger partial charge on any atom is -0.428 e. The molecular formula is C22H31N3O6. The van der Waals surface area contributed by atoms with E-state index >= 15 is 0 Å². The highest BCUT2D eigenvalue weighted by Crippen LogP contribution is 2.36. The van der Waals surface area contributed by atoms with E-state index in [9.17, 15) is 19.2 Å². The van der Waals surface area contributed by atoms with Crippen molar-refractivity contribution in [3.8, 4) is 0 Å². The molecule has 1 aliphatic rings. The number of benzene rings is 1. The molecule has 1 aliphatic heterocycles. The van der Waals surface area contributed by atoms with Gasteiger partial charge in [-0.3, -0.25) is 25.0 Å².